The third kappa shape index (κ3) is 4.35. The Balaban J connectivity index is 2.21. The molecule has 0 unspecified atom stereocenters. The van der Waals surface area contributed by atoms with Gasteiger partial charge in [0.25, 0.3) is 5.91 Å². The van der Waals surface area contributed by atoms with Crippen LogP contribution in [0.3, 0.4) is 0 Å². The number of halogens is 3. The first-order valence-corrected chi connectivity index (χ1v) is 7.46. The average Bonchev–Trinajstić information content (AvgIpc) is 3.03. The molecular formula is C16H18F3N3O2. The second kappa shape index (κ2) is 7.48. The van der Waals surface area contributed by atoms with Crippen LogP contribution in [0, 0.1) is 0 Å². The van der Waals surface area contributed by atoms with Crippen molar-refractivity contribution in [2.75, 3.05) is 6.61 Å². The van der Waals surface area contributed by atoms with Gasteiger partial charge >= 0.3 is 6.18 Å². The minimum Gasteiger partial charge on any atom is -0.396 e. The van der Waals surface area contributed by atoms with E-state index in [4.69, 9.17) is 5.11 Å². The van der Waals surface area contributed by atoms with Crippen LogP contribution in [0.15, 0.2) is 36.7 Å². The number of aliphatic hydroxyl groups excluding tert-OH is 1. The number of nitrogens with zero attached hydrogens (tertiary/aromatic N) is 2. The molecule has 2 rings (SSSR count). The minimum atomic E-state index is -4.47. The van der Waals surface area contributed by atoms with Gasteiger partial charge in [0.1, 0.15) is 0 Å². The van der Waals surface area contributed by atoms with Crippen molar-refractivity contribution in [3.63, 3.8) is 0 Å². The number of benzene rings is 1. The molecule has 0 aliphatic carbocycles. The molecule has 1 aromatic heterocycles. The van der Waals surface area contributed by atoms with E-state index in [9.17, 15) is 18.0 Å². The van der Waals surface area contributed by atoms with Crippen molar-refractivity contribution >= 4 is 5.91 Å². The molecule has 0 radical (unpaired) electrons. The summed E-state index contributed by atoms with van der Waals surface area (Å²) in [5.74, 6) is -0.453. The monoisotopic (exact) mass is 341 g/mol. The third-order valence-electron chi connectivity index (χ3n) is 3.56. The molecule has 130 valence electrons. The molecule has 1 aromatic carbocycles. The second-order valence-electron chi connectivity index (χ2n) is 5.25. The molecule has 1 heterocycles. The van der Waals surface area contributed by atoms with E-state index < -0.39 is 23.7 Å². The first-order chi connectivity index (χ1) is 11.3. The van der Waals surface area contributed by atoms with Crippen molar-refractivity contribution < 1.29 is 23.1 Å². The lowest BCUT2D eigenvalue weighted by atomic mass is 10.0. The summed E-state index contributed by atoms with van der Waals surface area (Å²) >= 11 is 0. The number of hydrogen-bond acceptors (Lipinski definition) is 3. The Morgan fingerprint density at radius 1 is 1.42 bits per heavy atom. The fourth-order valence-electron chi connectivity index (χ4n) is 2.28. The van der Waals surface area contributed by atoms with Crippen LogP contribution in [0.5, 0.6) is 0 Å². The molecule has 0 spiro atoms. The van der Waals surface area contributed by atoms with Gasteiger partial charge in [0.2, 0.25) is 0 Å². The van der Waals surface area contributed by atoms with Crippen LogP contribution in [0.2, 0.25) is 0 Å². The number of carbonyl (C=O) groups is 1. The van der Waals surface area contributed by atoms with E-state index >= 15 is 0 Å². The zero-order valence-corrected chi connectivity index (χ0v) is 13.0. The van der Waals surface area contributed by atoms with E-state index in [2.05, 4.69) is 10.4 Å². The minimum absolute atomic E-state index is 0.106. The van der Waals surface area contributed by atoms with Gasteiger partial charge in [-0.3, -0.25) is 9.48 Å². The lowest BCUT2D eigenvalue weighted by molar-refractivity contribution is -0.137. The first-order valence-electron chi connectivity index (χ1n) is 7.46. The highest BCUT2D eigenvalue weighted by Crippen LogP contribution is 2.31. The maximum absolute atomic E-state index is 12.8. The predicted octanol–water partition coefficient (Wildman–Crippen LogP) is 2.78. The number of rotatable bonds is 6. The van der Waals surface area contributed by atoms with Crippen molar-refractivity contribution in [2.24, 2.45) is 0 Å². The van der Waals surface area contributed by atoms with Crippen LogP contribution in [-0.4, -0.2) is 27.4 Å². The normalized spacial score (nSPS) is 12.9. The fraction of sp³-hybridized carbons (Fsp3) is 0.375. The van der Waals surface area contributed by atoms with Gasteiger partial charge in [0, 0.05) is 19.3 Å². The highest BCUT2D eigenvalue weighted by Gasteiger charge is 2.31. The zero-order valence-electron chi connectivity index (χ0n) is 13.0. The molecule has 0 fully saturated rings. The van der Waals surface area contributed by atoms with Crippen LogP contribution in [0.1, 0.15) is 40.9 Å². The Morgan fingerprint density at radius 2 is 2.17 bits per heavy atom. The molecular weight excluding hydrogens is 323 g/mol. The predicted molar refractivity (Wildman–Crippen MR) is 81.3 cm³/mol. The summed E-state index contributed by atoms with van der Waals surface area (Å²) in [5, 5.41) is 15.8. The summed E-state index contributed by atoms with van der Waals surface area (Å²) < 4.78 is 40.1. The van der Waals surface area contributed by atoms with Crippen LogP contribution in [-0.2, 0) is 12.7 Å². The average molecular weight is 341 g/mol. The Labute approximate surface area is 137 Å². The molecule has 0 bridgehead atoms. The standard InChI is InChI=1S/C16H18F3N3O2/c1-2-22-10-12(9-20-22)15(24)21-14(6-7-23)11-4-3-5-13(8-11)16(17,18)19/h3-5,8-10,14,23H,2,6-7H2,1H3,(H,21,24)/t14-/m0/s1. The van der Waals surface area contributed by atoms with Crippen molar-refractivity contribution in [3.8, 4) is 0 Å². The summed E-state index contributed by atoms with van der Waals surface area (Å²) in [6.07, 6.45) is -1.42. The van der Waals surface area contributed by atoms with Gasteiger partial charge in [-0.25, -0.2) is 0 Å². The topological polar surface area (TPSA) is 67.2 Å². The van der Waals surface area contributed by atoms with Crippen LogP contribution in [0.4, 0.5) is 13.2 Å². The van der Waals surface area contributed by atoms with E-state index in [0.717, 1.165) is 12.1 Å². The molecule has 5 nitrogen and oxygen atoms in total. The number of hydrogen-bond donors (Lipinski definition) is 2. The van der Waals surface area contributed by atoms with Crippen LogP contribution < -0.4 is 5.32 Å². The number of aromatic nitrogens is 2. The molecule has 1 atom stereocenters. The fourth-order valence-corrected chi connectivity index (χ4v) is 2.28. The molecule has 0 saturated carbocycles. The van der Waals surface area contributed by atoms with E-state index in [1.807, 2.05) is 6.92 Å². The van der Waals surface area contributed by atoms with Gasteiger partial charge in [-0.05, 0) is 31.0 Å². The SMILES string of the molecule is CCn1cc(C(=O)N[C@@H](CCO)c2cccc(C(F)(F)F)c2)cn1. The van der Waals surface area contributed by atoms with Crippen molar-refractivity contribution in [3.05, 3.63) is 53.3 Å². The first kappa shape index (κ1) is 18.0. The van der Waals surface area contributed by atoms with Gasteiger partial charge in [-0.15, -0.1) is 0 Å². The van der Waals surface area contributed by atoms with Crippen LogP contribution in [0.25, 0.3) is 0 Å². The van der Waals surface area contributed by atoms with E-state index in [-0.39, 0.29) is 18.6 Å². The summed E-state index contributed by atoms with van der Waals surface area (Å²) in [5.41, 5.74) is -0.196. The number of carbonyl (C=O) groups excluding carboxylic acids is 1. The zero-order chi connectivity index (χ0) is 17.7. The molecule has 1 amide bonds. The Kier molecular flexibility index (Phi) is 5.61. The van der Waals surface area contributed by atoms with Crippen molar-refractivity contribution in [1.82, 2.24) is 15.1 Å². The highest BCUT2D eigenvalue weighted by atomic mass is 19.4. The molecule has 0 aliphatic rings. The van der Waals surface area contributed by atoms with Crippen molar-refractivity contribution in [2.45, 2.75) is 32.1 Å². The molecule has 24 heavy (non-hydrogen) atoms. The Morgan fingerprint density at radius 3 is 2.75 bits per heavy atom. The van der Waals surface area contributed by atoms with E-state index in [1.54, 1.807) is 10.9 Å². The number of amides is 1. The maximum atomic E-state index is 12.8. The number of aryl methyl sites for hydroxylation is 1. The smallest absolute Gasteiger partial charge is 0.396 e. The summed E-state index contributed by atoms with van der Waals surface area (Å²) in [6.45, 7) is 2.20. The molecule has 8 heteroatoms. The Hall–Kier alpha value is -2.35. The molecule has 0 saturated heterocycles. The van der Waals surface area contributed by atoms with Gasteiger partial charge in [-0.2, -0.15) is 18.3 Å². The number of nitrogens with one attached hydrogen (secondary N) is 1. The third-order valence-corrected chi connectivity index (χ3v) is 3.56. The lowest BCUT2D eigenvalue weighted by Gasteiger charge is -2.19. The summed E-state index contributed by atoms with van der Waals surface area (Å²) in [4.78, 5) is 12.2. The van der Waals surface area contributed by atoms with Crippen molar-refractivity contribution in [1.29, 1.82) is 0 Å². The molecule has 2 aromatic rings. The van der Waals surface area contributed by atoms with E-state index in [0.29, 0.717) is 12.1 Å². The van der Waals surface area contributed by atoms with Gasteiger partial charge in [0.15, 0.2) is 0 Å². The van der Waals surface area contributed by atoms with Gasteiger partial charge in [0.05, 0.1) is 23.4 Å². The lowest BCUT2D eigenvalue weighted by Crippen LogP contribution is -2.29. The van der Waals surface area contributed by atoms with Gasteiger partial charge < -0.3 is 10.4 Å². The second-order valence-corrected chi connectivity index (χ2v) is 5.25. The number of aliphatic hydroxyl groups is 1. The molecule has 2 N–H and O–H groups in total. The van der Waals surface area contributed by atoms with Gasteiger partial charge in [-0.1, -0.05) is 12.1 Å². The Bertz CT molecular complexity index is 698. The summed E-state index contributed by atoms with van der Waals surface area (Å²) in [6, 6.07) is 3.99. The summed E-state index contributed by atoms with van der Waals surface area (Å²) in [7, 11) is 0. The number of alkyl halides is 3. The molecule has 0 aliphatic heterocycles. The largest absolute Gasteiger partial charge is 0.416 e. The highest BCUT2D eigenvalue weighted by molar-refractivity contribution is 5.93. The maximum Gasteiger partial charge on any atom is 0.416 e. The van der Waals surface area contributed by atoms with E-state index in [1.165, 1.54) is 18.3 Å². The quantitative estimate of drug-likeness (QED) is 0.849. The van der Waals surface area contributed by atoms with Crippen LogP contribution >= 0.6 is 0 Å².